The summed E-state index contributed by atoms with van der Waals surface area (Å²) in [6, 6.07) is 9.14. The zero-order chi connectivity index (χ0) is 13.5. The molecule has 1 unspecified atom stereocenters. The summed E-state index contributed by atoms with van der Waals surface area (Å²) in [5.74, 6) is 0.646. The fraction of sp³-hybridized carbons (Fsp3) is 0.471. The van der Waals surface area contributed by atoms with E-state index >= 15 is 0 Å². The fourth-order valence-electron chi connectivity index (χ4n) is 2.96. The largest absolute Gasteiger partial charge is 0.282 e. The third-order valence-electron chi connectivity index (χ3n) is 4.24. The average Bonchev–Trinajstić information content (AvgIpc) is 2.85. The summed E-state index contributed by atoms with van der Waals surface area (Å²) in [5, 5.41) is 7.28. The van der Waals surface area contributed by atoms with E-state index in [0.717, 1.165) is 12.8 Å². The lowest BCUT2D eigenvalue weighted by Crippen LogP contribution is -2.15. The topological polar surface area (TPSA) is 28.7 Å². The van der Waals surface area contributed by atoms with Crippen LogP contribution in [0.3, 0.4) is 0 Å². The van der Waals surface area contributed by atoms with Crippen molar-refractivity contribution in [2.45, 2.75) is 51.4 Å². The first-order valence-corrected chi connectivity index (χ1v) is 7.15. The number of rotatable bonds is 1. The highest BCUT2D eigenvalue weighted by molar-refractivity contribution is 5.33. The minimum atomic E-state index is 0.228. The van der Waals surface area contributed by atoms with Crippen LogP contribution in [0.4, 0.5) is 0 Å². The Kier molecular flexibility index (Phi) is 2.96. The van der Waals surface area contributed by atoms with Gasteiger partial charge in [-0.15, -0.1) is 0 Å². The van der Waals surface area contributed by atoms with Gasteiger partial charge < -0.3 is 0 Å². The molecule has 0 radical (unpaired) electrons. The predicted molar refractivity (Wildman–Crippen MR) is 78.5 cm³/mol. The van der Waals surface area contributed by atoms with E-state index in [2.05, 4.69) is 55.2 Å². The summed E-state index contributed by atoms with van der Waals surface area (Å²) in [6.07, 6.45) is 5.47. The molecule has 0 saturated heterocycles. The van der Waals surface area contributed by atoms with E-state index in [1.54, 1.807) is 0 Å². The van der Waals surface area contributed by atoms with Crippen molar-refractivity contribution < 1.29 is 0 Å². The molecule has 2 aromatic rings. The van der Waals surface area contributed by atoms with Crippen LogP contribution in [0, 0.1) is 0 Å². The molecule has 100 valence electrons. The van der Waals surface area contributed by atoms with Crippen molar-refractivity contribution in [1.29, 1.82) is 0 Å². The lowest BCUT2D eigenvalue weighted by molar-refractivity contribution is 0.566. The summed E-state index contributed by atoms with van der Waals surface area (Å²) in [6.45, 7) is 6.84. The van der Waals surface area contributed by atoms with Gasteiger partial charge in [-0.25, -0.2) is 0 Å². The van der Waals surface area contributed by atoms with Crippen LogP contribution >= 0.6 is 0 Å². The number of benzene rings is 1. The lowest BCUT2D eigenvalue weighted by Gasteiger charge is -2.25. The summed E-state index contributed by atoms with van der Waals surface area (Å²) >= 11 is 0. The van der Waals surface area contributed by atoms with Crippen molar-refractivity contribution in [2.75, 3.05) is 0 Å². The Balaban J connectivity index is 1.88. The van der Waals surface area contributed by atoms with E-state index in [0.29, 0.717) is 5.92 Å². The van der Waals surface area contributed by atoms with Crippen LogP contribution in [0.2, 0.25) is 0 Å². The van der Waals surface area contributed by atoms with Crippen LogP contribution in [-0.4, -0.2) is 10.2 Å². The molecule has 1 aromatic carbocycles. The number of nitrogens with one attached hydrogen (secondary N) is 1. The van der Waals surface area contributed by atoms with E-state index in [4.69, 9.17) is 0 Å². The van der Waals surface area contributed by atoms with Gasteiger partial charge in [0.05, 0.1) is 6.20 Å². The Labute approximate surface area is 115 Å². The molecule has 2 nitrogen and oxygen atoms in total. The molecule has 0 amide bonds. The Morgan fingerprint density at radius 2 is 2.11 bits per heavy atom. The molecule has 1 aromatic heterocycles. The third-order valence-corrected chi connectivity index (χ3v) is 4.24. The Morgan fingerprint density at radius 3 is 2.89 bits per heavy atom. The first-order chi connectivity index (χ1) is 9.04. The smallest absolute Gasteiger partial charge is 0.0522 e. The Hall–Kier alpha value is -1.57. The second kappa shape index (κ2) is 4.52. The van der Waals surface area contributed by atoms with Crippen LogP contribution in [0.25, 0.3) is 0 Å². The summed E-state index contributed by atoms with van der Waals surface area (Å²) < 4.78 is 0. The molecule has 0 fully saturated rings. The molecular weight excluding hydrogens is 232 g/mol. The van der Waals surface area contributed by atoms with Gasteiger partial charge in [-0.05, 0) is 47.3 Å². The van der Waals surface area contributed by atoms with Gasteiger partial charge in [0, 0.05) is 5.69 Å². The second-order valence-electron chi connectivity index (χ2n) is 6.69. The molecule has 1 atom stereocenters. The molecule has 19 heavy (non-hydrogen) atoms. The van der Waals surface area contributed by atoms with Crippen LogP contribution < -0.4 is 0 Å². The number of nitrogens with zero attached hydrogens (tertiary/aromatic N) is 1. The zero-order valence-corrected chi connectivity index (χ0v) is 12.0. The van der Waals surface area contributed by atoms with Gasteiger partial charge in [0.2, 0.25) is 0 Å². The quantitative estimate of drug-likeness (QED) is 0.819. The maximum atomic E-state index is 4.16. The van der Waals surface area contributed by atoms with Gasteiger partial charge in [-0.3, -0.25) is 5.10 Å². The van der Waals surface area contributed by atoms with Gasteiger partial charge in [-0.2, -0.15) is 5.10 Å². The number of hydrogen-bond donors (Lipinski definition) is 1. The first-order valence-electron chi connectivity index (χ1n) is 7.15. The molecule has 1 heterocycles. The van der Waals surface area contributed by atoms with E-state index in [1.165, 1.54) is 28.8 Å². The fourth-order valence-corrected chi connectivity index (χ4v) is 2.96. The highest BCUT2D eigenvalue weighted by Gasteiger charge is 2.22. The number of aromatic nitrogens is 2. The van der Waals surface area contributed by atoms with Crippen molar-refractivity contribution in [2.24, 2.45) is 0 Å². The Morgan fingerprint density at radius 1 is 1.26 bits per heavy atom. The van der Waals surface area contributed by atoms with Crippen molar-refractivity contribution >= 4 is 0 Å². The van der Waals surface area contributed by atoms with E-state index in [1.807, 2.05) is 6.20 Å². The summed E-state index contributed by atoms with van der Waals surface area (Å²) in [4.78, 5) is 0. The van der Waals surface area contributed by atoms with Crippen molar-refractivity contribution in [3.63, 3.8) is 0 Å². The highest BCUT2D eigenvalue weighted by atomic mass is 15.1. The molecular formula is C17H22N2. The minimum absolute atomic E-state index is 0.228. The first kappa shape index (κ1) is 12.5. The highest BCUT2D eigenvalue weighted by Crippen LogP contribution is 2.33. The number of aromatic amines is 1. The SMILES string of the molecule is CC(C)(C)c1cccc(C2CCc3[nH]ncc3C2)c1. The number of aryl methyl sites for hydroxylation is 1. The van der Waals surface area contributed by atoms with Crippen LogP contribution in [-0.2, 0) is 18.3 Å². The molecule has 2 heteroatoms. The predicted octanol–water partition coefficient (Wildman–Crippen LogP) is 3.98. The summed E-state index contributed by atoms with van der Waals surface area (Å²) in [7, 11) is 0. The molecule has 1 aliphatic carbocycles. The Bertz CT molecular complexity index is 575. The van der Waals surface area contributed by atoms with Crippen molar-refractivity contribution in [3.05, 3.63) is 52.8 Å². The number of H-pyrrole nitrogens is 1. The molecule has 0 saturated carbocycles. The second-order valence-corrected chi connectivity index (χ2v) is 6.69. The number of fused-ring (bicyclic) bond motifs is 1. The minimum Gasteiger partial charge on any atom is -0.282 e. The zero-order valence-electron chi connectivity index (χ0n) is 12.0. The van der Waals surface area contributed by atoms with E-state index < -0.39 is 0 Å². The molecule has 0 bridgehead atoms. The summed E-state index contributed by atoms with van der Waals surface area (Å²) in [5.41, 5.74) is 5.88. The van der Waals surface area contributed by atoms with Crippen LogP contribution in [0.5, 0.6) is 0 Å². The standard InChI is InChI=1S/C17H22N2/c1-17(2,3)15-6-4-5-12(10-15)13-7-8-16-14(9-13)11-18-19-16/h4-6,10-11,13H,7-9H2,1-3H3,(H,18,19). The molecule has 0 spiro atoms. The molecule has 0 aliphatic heterocycles. The van der Waals surface area contributed by atoms with Crippen LogP contribution in [0.1, 0.15) is 55.5 Å². The van der Waals surface area contributed by atoms with Gasteiger partial charge in [0.25, 0.3) is 0 Å². The molecule has 3 rings (SSSR count). The van der Waals surface area contributed by atoms with E-state index in [9.17, 15) is 0 Å². The number of hydrogen-bond acceptors (Lipinski definition) is 1. The van der Waals surface area contributed by atoms with Gasteiger partial charge in [0.15, 0.2) is 0 Å². The average molecular weight is 254 g/mol. The van der Waals surface area contributed by atoms with Gasteiger partial charge in [-0.1, -0.05) is 45.0 Å². The molecule has 1 N–H and O–H groups in total. The van der Waals surface area contributed by atoms with Gasteiger partial charge >= 0.3 is 0 Å². The van der Waals surface area contributed by atoms with Crippen molar-refractivity contribution in [1.82, 2.24) is 10.2 Å². The molecule has 1 aliphatic rings. The third kappa shape index (κ3) is 2.44. The monoisotopic (exact) mass is 254 g/mol. The lowest BCUT2D eigenvalue weighted by atomic mass is 9.80. The van der Waals surface area contributed by atoms with Crippen molar-refractivity contribution in [3.8, 4) is 0 Å². The van der Waals surface area contributed by atoms with Gasteiger partial charge in [0.1, 0.15) is 0 Å². The van der Waals surface area contributed by atoms with E-state index in [-0.39, 0.29) is 5.41 Å². The maximum absolute atomic E-state index is 4.16. The van der Waals surface area contributed by atoms with Crippen LogP contribution in [0.15, 0.2) is 30.5 Å². The normalized spacial score (nSPS) is 19.2. The maximum Gasteiger partial charge on any atom is 0.0522 e.